The zero-order valence-corrected chi connectivity index (χ0v) is 9.34. The summed E-state index contributed by atoms with van der Waals surface area (Å²) in [4.78, 5) is 22.4. The quantitative estimate of drug-likeness (QED) is 0.823. The van der Waals surface area contributed by atoms with Gasteiger partial charge >= 0.3 is 5.97 Å². The molecule has 1 heterocycles. The Labute approximate surface area is 97.8 Å². The first kappa shape index (κ1) is 11.4. The number of para-hydroxylation sites is 1. The van der Waals surface area contributed by atoms with Crippen molar-refractivity contribution in [1.82, 2.24) is 0 Å². The fourth-order valence-electron chi connectivity index (χ4n) is 1.70. The second-order valence-electron chi connectivity index (χ2n) is 4.01. The van der Waals surface area contributed by atoms with Crippen LogP contribution in [0.25, 0.3) is 11.0 Å². The number of benzene rings is 1. The Kier molecular flexibility index (Phi) is 2.95. The molecule has 0 fully saturated rings. The van der Waals surface area contributed by atoms with Crippen LogP contribution in [0.2, 0.25) is 0 Å². The summed E-state index contributed by atoms with van der Waals surface area (Å²) in [5, 5.41) is 9.48. The molecule has 0 saturated heterocycles. The van der Waals surface area contributed by atoms with Gasteiger partial charge < -0.3 is 9.52 Å². The molecule has 88 valence electrons. The van der Waals surface area contributed by atoms with Gasteiger partial charge in [0.05, 0.1) is 6.42 Å². The summed E-state index contributed by atoms with van der Waals surface area (Å²) in [5.41, 5.74) is 0.637. The summed E-state index contributed by atoms with van der Waals surface area (Å²) in [7, 11) is 0. The van der Waals surface area contributed by atoms with E-state index in [2.05, 4.69) is 0 Å². The van der Waals surface area contributed by atoms with Gasteiger partial charge in [0.25, 0.3) is 0 Å². The van der Waals surface area contributed by atoms with Crippen molar-refractivity contribution < 1.29 is 19.1 Å². The van der Waals surface area contributed by atoms with Crippen LogP contribution < -0.4 is 0 Å². The van der Waals surface area contributed by atoms with Crippen molar-refractivity contribution in [1.29, 1.82) is 0 Å². The van der Waals surface area contributed by atoms with Crippen molar-refractivity contribution >= 4 is 22.7 Å². The maximum Gasteiger partial charge on any atom is 0.304 e. The van der Waals surface area contributed by atoms with Crippen molar-refractivity contribution in [2.75, 3.05) is 0 Å². The van der Waals surface area contributed by atoms with E-state index < -0.39 is 11.9 Å². The van der Waals surface area contributed by atoms with E-state index in [0.29, 0.717) is 5.58 Å². The van der Waals surface area contributed by atoms with Crippen LogP contribution >= 0.6 is 0 Å². The van der Waals surface area contributed by atoms with Gasteiger partial charge in [-0.1, -0.05) is 25.1 Å². The van der Waals surface area contributed by atoms with Gasteiger partial charge in [0.15, 0.2) is 5.76 Å². The fourth-order valence-corrected chi connectivity index (χ4v) is 1.70. The van der Waals surface area contributed by atoms with Crippen LogP contribution in [0.4, 0.5) is 0 Å². The Balaban J connectivity index is 2.27. The highest BCUT2D eigenvalue weighted by molar-refractivity contribution is 6.00. The Morgan fingerprint density at radius 1 is 1.35 bits per heavy atom. The summed E-state index contributed by atoms with van der Waals surface area (Å²) in [5.74, 6) is -1.61. The maximum absolute atomic E-state index is 11.9. The molecule has 2 rings (SSSR count). The predicted molar refractivity (Wildman–Crippen MR) is 62.0 cm³/mol. The normalized spacial score (nSPS) is 12.5. The first-order valence-electron chi connectivity index (χ1n) is 5.32. The molecule has 0 saturated carbocycles. The molecule has 4 heteroatoms. The summed E-state index contributed by atoms with van der Waals surface area (Å²) in [6.45, 7) is 1.59. The number of carboxylic acid groups (broad SMARTS) is 1. The van der Waals surface area contributed by atoms with E-state index in [9.17, 15) is 9.59 Å². The van der Waals surface area contributed by atoms with Gasteiger partial charge in [0.1, 0.15) is 5.58 Å². The molecule has 4 nitrogen and oxygen atoms in total. The SMILES string of the molecule is CC(CC(=O)O)C(=O)c1cc2ccccc2o1. The number of carbonyl (C=O) groups excluding carboxylic acids is 1. The van der Waals surface area contributed by atoms with E-state index in [1.165, 1.54) is 0 Å². The zero-order chi connectivity index (χ0) is 12.4. The number of fused-ring (bicyclic) bond motifs is 1. The fraction of sp³-hybridized carbons (Fsp3) is 0.231. The molecule has 0 spiro atoms. The van der Waals surface area contributed by atoms with Crippen LogP contribution in [0.1, 0.15) is 23.9 Å². The number of hydrogen-bond donors (Lipinski definition) is 1. The number of rotatable bonds is 4. The Bertz CT molecular complexity index is 535. The van der Waals surface area contributed by atoms with Crippen LogP contribution in [0, 0.1) is 5.92 Å². The molecule has 17 heavy (non-hydrogen) atoms. The summed E-state index contributed by atoms with van der Waals surface area (Å²) in [6.07, 6.45) is -0.185. The minimum Gasteiger partial charge on any atom is -0.481 e. The highest BCUT2D eigenvalue weighted by Crippen LogP contribution is 2.21. The summed E-state index contributed by atoms with van der Waals surface area (Å²) in [6, 6.07) is 8.94. The van der Waals surface area contributed by atoms with Crippen LogP contribution in [-0.2, 0) is 4.79 Å². The van der Waals surface area contributed by atoms with Gasteiger partial charge in [-0.2, -0.15) is 0 Å². The molecule has 0 amide bonds. The Morgan fingerprint density at radius 3 is 2.71 bits per heavy atom. The lowest BCUT2D eigenvalue weighted by Gasteiger charge is -2.03. The summed E-state index contributed by atoms with van der Waals surface area (Å²) < 4.78 is 5.39. The van der Waals surface area contributed by atoms with Gasteiger partial charge in [-0.3, -0.25) is 9.59 Å². The number of aliphatic carboxylic acids is 1. The molecular formula is C13H12O4. The van der Waals surface area contributed by atoms with E-state index >= 15 is 0 Å². The average Bonchev–Trinajstić information content (AvgIpc) is 2.70. The van der Waals surface area contributed by atoms with Gasteiger partial charge in [0.2, 0.25) is 5.78 Å². The van der Waals surface area contributed by atoms with Crippen LogP contribution in [0.3, 0.4) is 0 Å². The maximum atomic E-state index is 11.9. The van der Waals surface area contributed by atoms with Crippen LogP contribution in [0.5, 0.6) is 0 Å². The third-order valence-corrected chi connectivity index (χ3v) is 2.60. The molecule has 1 atom stereocenters. The third-order valence-electron chi connectivity index (χ3n) is 2.60. The van der Waals surface area contributed by atoms with Crippen LogP contribution in [0.15, 0.2) is 34.7 Å². The van der Waals surface area contributed by atoms with E-state index in [1.807, 2.05) is 18.2 Å². The standard InChI is InChI=1S/C13H12O4/c1-8(6-12(14)15)13(16)11-7-9-4-2-3-5-10(9)17-11/h2-5,7-8H,6H2,1H3,(H,14,15). The minimum absolute atomic E-state index is 0.185. The molecule has 0 aliphatic heterocycles. The molecule has 1 aromatic heterocycles. The third kappa shape index (κ3) is 2.36. The molecule has 2 aromatic rings. The van der Waals surface area contributed by atoms with E-state index in [4.69, 9.17) is 9.52 Å². The Morgan fingerprint density at radius 2 is 2.06 bits per heavy atom. The van der Waals surface area contributed by atoms with Gasteiger partial charge in [-0.25, -0.2) is 0 Å². The molecular weight excluding hydrogens is 220 g/mol. The van der Waals surface area contributed by atoms with E-state index in [1.54, 1.807) is 19.1 Å². The predicted octanol–water partition coefficient (Wildman–Crippen LogP) is 2.73. The van der Waals surface area contributed by atoms with Crippen molar-refractivity contribution in [3.05, 3.63) is 36.1 Å². The monoisotopic (exact) mass is 232 g/mol. The number of Topliss-reactive ketones (excluding diaryl/α,β-unsaturated/α-hetero) is 1. The second kappa shape index (κ2) is 4.41. The summed E-state index contributed by atoms with van der Waals surface area (Å²) >= 11 is 0. The first-order chi connectivity index (χ1) is 8.08. The molecule has 1 unspecified atom stereocenters. The lowest BCUT2D eigenvalue weighted by molar-refractivity contribution is -0.137. The molecule has 1 aromatic carbocycles. The highest BCUT2D eigenvalue weighted by atomic mass is 16.4. The van der Waals surface area contributed by atoms with Crippen molar-refractivity contribution in [2.45, 2.75) is 13.3 Å². The highest BCUT2D eigenvalue weighted by Gasteiger charge is 2.21. The lowest BCUT2D eigenvalue weighted by atomic mass is 10.0. The molecule has 0 bridgehead atoms. The lowest BCUT2D eigenvalue weighted by Crippen LogP contribution is -2.14. The Hall–Kier alpha value is -2.10. The molecule has 0 aliphatic rings. The largest absolute Gasteiger partial charge is 0.481 e. The van der Waals surface area contributed by atoms with Gasteiger partial charge in [-0.05, 0) is 12.1 Å². The van der Waals surface area contributed by atoms with Crippen LogP contribution in [-0.4, -0.2) is 16.9 Å². The average molecular weight is 232 g/mol. The molecule has 1 N–H and O–H groups in total. The number of hydrogen-bond acceptors (Lipinski definition) is 3. The van der Waals surface area contributed by atoms with E-state index in [0.717, 1.165) is 5.39 Å². The van der Waals surface area contributed by atoms with Crippen molar-refractivity contribution in [3.8, 4) is 0 Å². The minimum atomic E-state index is -0.984. The van der Waals surface area contributed by atoms with E-state index in [-0.39, 0.29) is 18.0 Å². The number of carbonyl (C=O) groups is 2. The molecule has 0 radical (unpaired) electrons. The molecule has 0 aliphatic carbocycles. The number of furan rings is 1. The van der Waals surface area contributed by atoms with Crippen molar-refractivity contribution in [3.63, 3.8) is 0 Å². The number of ketones is 1. The first-order valence-corrected chi connectivity index (χ1v) is 5.32. The number of carboxylic acids is 1. The van der Waals surface area contributed by atoms with Crippen molar-refractivity contribution in [2.24, 2.45) is 5.92 Å². The smallest absolute Gasteiger partial charge is 0.304 e. The zero-order valence-electron chi connectivity index (χ0n) is 9.34. The van der Waals surface area contributed by atoms with Gasteiger partial charge in [-0.15, -0.1) is 0 Å². The second-order valence-corrected chi connectivity index (χ2v) is 4.01. The van der Waals surface area contributed by atoms with Gasteiger partial charge in [0, 0.05) is 11.3 Å². The topological polar surface area (TPSA) is 67.5 Å².